The van der Waals surface area contributed by atoms with E-state index in [1.165, 1.54) is 11.1 Å². The zero-order valence-corrected chi connectivity index (χ0v) is 14.7. The van der Waals surface area contributed by atoms with Gasteiger partial charge < -0.3 is 10.4 Å². The van der Waals surface area contributed by atoms with Crippen LogP contribution in [0.15, 0.2) is 30.3 Å². The van der Waals surface area contributed by atoms with Crippen LogP contribution in [0.1, 0.15) is 42.3 Å². The van der Waals surface area contributed by atoms with Crippen LogP contribution in [0, 0.1) is 19.8 Å². The van der Waals surface area contributed by atoms with E-state index in [-0.39, 0.29) is 6.61 Å². The van der Waals surface area contributed by atoms with Crippen LogP contribution in [0.4, 0.5) is 0 Å². The maximum atomic E-state index is 9.10. The molecule has 0 bridgehead atoms. The van der Waals surface area contributed by atoms with Crippen LogP contribution in [0.25, 0.3) is 0 Å². The van der Waals surface area contributed by atoms with Crippen LogP contribution in [-0.4, -0.2) is 28.0 Å². The van der Waals surface area contributed by atoms with E-state index in [2.05, 4.69) is 61.5 Å². The van der Waals surface area contributed by atoms with Crippen molar-refractivity contribution in [3.05, 3.63) is 52.8 Å². The van der Waals surface area contributed by atoms with Crippen molar-refractivity contribution in [3.63, 3.8) is 0 Å². The number of hydrogen-bond acceptors (Lipinski definition) is 3. The zero-order chi connectivity index (χ0) is 16.8. The lowest BCUT2D eigenvalue weighted by Gasteiger charge is -2.22. The molecule has 1 atom stereocenters. The molecule has 2 N–H and O–H groups in total. The van der Waals surface area contributed by atoms with E-state index in [9.17, 15) is 0 Å². The maximum absolute atomic E-state index is 9.10. The van der Waals surface area contributed by atoms with E-state index in [0.717, 1.165) is 24.5 Å². The van der Waals surface area contributed by atoms with Gasteiger partial charge in [-0.05, 0) is 31.2 Å². The van der Waals surface area contributed by atoms with Crippen LogP contribution in [-0.2, 0) is 13.1 Å². The zero-order valence-electron chi connectivity index (χ0n) is 14.7. The first-order chi connectivity index (χ1) is 11.0. The molecule has 2 rings (SSSR count). The molecule has 0 aliphatic carbocycles. The predicted octanol–water partition coefficient (Wildman–Crippen LogP) is 3.02. The first kappa shape index (κ1) is 17.7. The van der Waals surface area contributed by atoms with Gasteiger partial charge in [0, 0.05) is 24.3 Å². The van der Waals surface area contributed by atoms with Gasteiger partial charge in [-0.3, -0.25) is 4.68 Å². The molecule has 1 unspecified atom stereocenters. The average molecular weight is 315 g/mol. The van der Waals surface area contributed by atoms with Crippen LogP contribution in [0.2, 0.25) is 0 Å². The number of aromatic nitrogens is 2. The van der Waals surface area contributed by atoms with Crippen molar-refractivity contribution in [2.45, 2.75) is 46.7 Å². The molecule has 4 nitrogen and oxygen atoms in total. The summed E-state index contributed by atoms with van der Waals surface area (Å²) in [4.78, 5) is 0. The summed E-state index contributed by atoms with van der Waals surface area (Å²) < 4.78 is 1.89. The Kier molecular flexibility index (Phi) is 6.37. The van der Waals surface area contributed by atoms with Crippen molar-refractivity contribution < 1.29 is 5.11 Å². The normalized spacial score (nSPS) is 12.8. The summed E-state index contributed by atoms with van der Waals surface area (Å²) in [5.41, 5.74) is 4.82. The largest absolute Gasteiger partial charge is 0.394 e. The number of nitrogens with one attached hydrogen (secondary N) is 1. The van der Waals surface area contributed by atoms with Gasteiger partial charge in [0.2, 0.25) is 0 Å². The monoisotopic (exact) mass is 315 g/mol. The first-order valence-electron chi connectivity index (χ1n) is 8.44. The van der Waals surface area contributed by atoms with Gasteiger partial charge in [0.05, 0.1) is 18.8 Å². The molecule has 0 radical (unpaired) electrons. The Morgan fingerprint density at radius 3 is 2.48 bits per heavy atom. The van der Waals surface area contributed by atoms with Gasteiger partial charge in [-0.1, -0.05) is 44.2 Å². The van der Waals surface area contributed by atoms with E-state index in [4.69, 9.17) is 5.11 Å². The van der Waals surface area contributed by atoms with Crippen molar-refractivity contribution in [2.75, 3.05) is 13.2 Å². The summed E-state index contributed by atoms with van der Waals surface area (Å²) in [6, 6.07) is 10.7. The van der Waals surface area contributed by atoms with Gasteiger partial charge in [-0.25, -0.2) is 0 Å². The van der Waals surface area contributed by atoms with Gasteiger partial charge in [-0.2, -0.15) is 5.10 Å². The smallest absolute Gasteiger partial charge is 0.0644 e. The summed E-state index contributed by atoms with van der Waals surface area (Å²) in [5, 5.41) is 17.2. The summed E-state index contributed by atoms with van der Waals surface area (Å²) >= 11 is 0. The highest BCUT2D eigenvalue weighted by Gasteiger charge is 2.16. The Bertz CT molecular complexity index is 605. The van der Waals surface area contributed by atoms with Gasteiger partial charge >= 0.3 is 0 Å². The summed E-state index contributed by atoms with van der Waals surface area (Å²) in [6.07, 6.45) is 0. The first-order valence-corrected chi connectivity index (χ1v) is 8.44. The van der Waals surface area contributed by atoms with Crippen LogP contribution >= 0.6 is 0 Å². The number of rotatable bonds is 8. The van der Waals surface area contributed by atoms with E-state index in [1.54, 1.807) is 0 Å². The van der Waals surface area contributed by atoms with Gasteiger partial charge in [0.25, 0.3) is 0 Å². The number of nitrogens with zero attached hydrogens (tertiary/aromatic N) is 2. The molecular formula is C19H29N3O. The quantitative estimate of drug-likeness (QED) is 0.787. The third-order valence-electron chi connectivity index (χ3n) is 4.54. The molecule has 0 aliphatic rings. The van der Waals surface area contributed by atoms with Crippen LogP contribution < -0.4 is 5.32 Å². The third-order valence-corrected chi connectivity index (χ3v) is 4.54. The molecule has 0 saturated heterocycles. The van der Waals surface area contributed by atoms with Crippen molar-refractivity contribution in [3.8, 4) is 0 Å². The maximum Gasteiger partial charge on any atom is 0.0644 e. The third kappa shape index (κ3) is 4.43. The van der Waals surface area contributed by atoms with Crippen molar-refractivity contribution in [2.24, 2.45) is 5.92 Å². The second-order valence-electron chi connectivity index (χ2n) is 6.49. The number of aryl methyl sites for hydroxylation is 1. The van der Waals surface area contributed by atoms with Crippen molar-refractivity contribution >= 4 is 0 Å². The molecule has 0 aliphatic heterocycles. The second kappa shape index (κ2) is 8.27. The van der Waals surface area contributed by atoms with E-state index < -0.39 is 0 Å². The van der Waals surface area contributed by atoms with Crippen molar-refractivity contribution in [1.82, 2.24) is 15.1 Å². The molecule has 0 amide bonds. The molecule has 0 fully saturated rings. The molecule has 1 aromatic carbocycles. The Labute approximate surface area is 139 Å². The molecular weight excluding hydrogens is 286 g/mol. The molecule has 0 spiro atoms. The minimum Gasteiger partial charge on any atom is -0.394 e. The minimum atomic E-state index is 0.123. The molecule has 1 heterocycles. The molecule has 126 valence electrons. The van der Waals surface area contributed by atoms with Crippen LogP contribution in [0.5, 0.6) is 0 Å². The second-order valence-corrected chi connectivity index (χ2v) is 6.49. The highest BCUT2D eigenvalue weighted by Crippen LogP contribution is 2.23. The molecule has 23 heavy (non-hydrogen) atoms. The standard InChI is InChI=1S/C19H29N3O/c1-14(2)18(17-8-6-5-7-9-17)12-20-13-19-15(3)21-22(10-11-23)16(19)4/h5-9,14,18,20,23H,10-13H2,1-4H3. The summed E-state index contributed by atoms with van der Waals surface area (Å²) in [6.45, 7) is 11.1. The van der Waals surface area contributed by atoms with E-state index in [0.29, 0.717) is 18.4 Å². The summed E-state index contributed by atoms with van der Waals surface area (Å²) in [7, 11) is 0. The van der Waals surface area contributed by atoms with Gasteiger partial charge in [-0.15, -0.1) is 0 Å². The number of hydrogen-bond donors (Lipinski definition) is 2. The Morgan fingerprint density at radius 2 is 1.87 bits per heavy atom. The Morgan fingerprint density at radius 1 is 1.17 bits per heavy atom. The van der Waals surface area contributed by atoms with Crippen molar-refractivity contribution in [1.29, 1.82) is 0 Å². The fourth-order valence-corrected chi connectivity index (χ4v) is 3.09. The molecule has 2 aromatic rings. The lowest BCUT2D eigenvalue weighted by atomic mass is 9.88. The highest BCUT2D eigenvalue weighted by atomic mass is 16.3. The predicted molar refractivity (Wildman–Crippen MR) is 94.5 cm³/mol. The van der Waals surface area contributed by atoms with E-state index in [1.807, 2.05) is 11.6 Å². The van der Waals surface area contributed by atoms with Gasteiger partial charge in [0.15, 0.2) is 0 Å². The fourth-order valence-electron chi connectivity index (χ4n) is 3.09. The van der Waals surface area contributed by atoms with Crippen LogP contribution in [0.3, 0.4) is 0 Å². The lowest BCUT2D eigenvalue weighted by molar-refractivity contribution is 0.267. The Balaban J connectivity index is 2.00. The lowest BCUT2D eigenvalue weighted by Crippen LogP contribution is -2.25. The topological polar surface area (TPSA) is 50.1 Å². The molecule has 0 saturated carbocycles. The fraction of sp³-hybridized carbons (Fsp3) is 0.526. The molecule has 4 heteroatoms. The Hall–Kier alpha value is -1.65. The summed E-state index contributed by atoms with van der Waals surface area (Å²) in [5.74, 6) is 1.09. The number of aliphatic hydroxyl groups is 1. The number of aliphatic hydroxyl groups excluding tert-OH is 1. The minimum absolute atomic E-state index is 0.123. The highest BCUT2D eigenvalue weighted by molar-refractivity contribution is 5.25. The van der Waals surface area contributed by atoms with E-state index >= 15 is 0 Å². The SMILES string of the molecule is Cc1nn(CCO)c(C)c1CNCC(c1ccccc1)C(C)C. The van der Waals surface area contributed by atoms with Gasteiger partial charge in [0.1, 0.15) is 0 Å². The number of benzene rings is 1. The average Bonchev–Trinajstić information content (AvgIpc) is 2.79. The molecule has 1 aromatic heterocycles.